The van der Waals surface area contributed by atoms with Crippen molar-refractivity contribution in [1.82, 2.24) is 0 Å². The Bertz CT molecular complexity index is 645. The predicted molar refractivity (Wildman–Crippen MR) is 92.1 cm³/mol. The second-order valence-corrected chi connectivity index (χ2v) is 8.80. The smallest absolute Gasteiger partial charge is 0.309 e. The van der Waals surface area contributed by atoms with Crippen LogP contribution < -0.4 is 0 Å². The summed E-state index contributed by atoms with van der Waals surface area (Å²) in [7, 11) is 1.49. The molecule has 0 aliphatic heterocycles. The molecule has 0 heterocycles. The van der Waals surface area contributed by atoms with Crippen molar-refractivity contribution in [2.24, 2.45) is 34.5 Å². The van der Waals surface area contributed by atoms with Crippen LogP contribution in [0.15, 0.2) is 23.8 Å². The SMILES string of the molecule is COC(=O)[C@H]1CC[C@H]2[C@@H]3C(=O)C=C4C=CCC[C@]4(C)[C@H]3CC[C@]12C. The molecule has 0 aromatic carbocycles. The minimum absolute atomic E-state index is 0.0364. The Morgan fingerprint density at radius 3 is 2.71 bits per heavy atom. The third-order valence-electron chi connectivity index (χ3n) is 7.99. The van der Waals surface area contributed by atoms with E-state index in [0.717, 1.165) is 38.5 Å². The molecule has 3 heteroatoms. The summed E-state index contributed by atoms with van der Waals surface area (Å²) in [4.78, 5) is 25.3. The highest BCUT2D eigenvalue weighted by Crippen LogP contribution is 2.65. The van der Waals surface area contributed by atoms with Crippen LogP contribution in [0.1, 0.15) is 52.4 Å². The second-order valence-electron chi connectivity index (χ2n) is 8.80. The zero-order valence-corrected chi connectivity index (χ0v) is 15.0. The molecule has 0 bridgehead atoms. The van der Waals surface area contributed by atoms with Crippen LogP contribution in [0, 0.1) is 34.5 Å². The molecule has 2 saturated carbocycles. The third-order valence-corrected chi connectivity index (χ3v) is 7.99. The number of allylic oxidation sites excluding steroid dienone is 4. The minimum Gasteiger partial charge on any atom is -0.469 e. The van der Waals surface area contributed by atoms with Gasteiger partial charge in [-0.2, -0.15) is 0 Å². The van der Waals surface area contributed by atoms with E-state index < -0.39 is 0 Å². The molecule has 6 atom stereocenters. The molecule has 0 spiro atoms. The van der Waals surface area contributed by atoms with Gasteiger partial charge in [-0.15, -0.1) is 0 Å². The van der Waals surface area contributed by atoms with Gasteiger partial charge >= 0.3 is 5.97 Å². The van der Waals surface area contributed by atoms with Crippen LogP contribution >= 0.6 is 0 Å². The van der Waals surface area contributed by atoms with E-state index in [1.807, 2.05) is 6.08 Å². The summed E-state index contributed by atoms with van der Waals surface area (Å²) in [5, 5.41) is 0. The van der Waals surface area contributed by atoms with Gasteiger partial charge in [-0.1, -0.05) is 26.0 Å². The van der Waals surface area contributed by atoms with Gasteiger partial charge < -0.3 is 4.74 Å². The standard InChI is InChI=1S/C21H28O3/c1-20-10-5-4-6-13(20)12-17(22)18-14-7-8-16(19(23)24-3)21(14,2)11-9-15(18)20/h4,6,12,14-16,18H,5,7-11H2,1-3H3/t14-,15-,16+,18-,20-,21-/m0/s1. The Labute approximate surface area is 144 Å². The molecule has 3 nitrogen and oxygen atoms in total. The summed E-state index contributed by atoms with van der Waals surface area (Å²) < 4.78 is 5.07. The molecule has 0 amide bonds. The van der Waals surface area contributed by atoms with Gasteiger partial charge in [0.25, 0.3) is 0 Å². The van der Waals surface area contributed by atoms with Crippen LogP contribution in [0.25, 0.3) is 0 Å². The van der Waals surface area contributed by atoms with Crippen molar-refractivity contribution in [3.8, 4) is 0 Å². The van der Waals surface area contributed by atoms with Crippen LogP contribution in [-0.4, -0.2) is 18.9 Å². The second kappa shape index (κ2) is 5.31. The van der Waals surface area contributed by atoms with E-state index in [1.165, 1.54) is 12.7 Å². The molecular weight excluding hydrogens is 300 g/mol. The van der Waals surface area contributed by atoms with Crippen LogP contribution in [-0.2, 0) is 14.3 Å². The largest absolute Gasteiger partial charge is 0.469 e. The monoisotopic (exact) mass is 328 g/mol. The fraction of sp³-hybridized carbons (Fsp3) is 0.714. The summed E-state index contributed by atoms with van der Waals surface area (Å²) >= 11 is 0. The number of hydrogen-bond acceptors (Lipinski definition) is 3. The normalized spacial score (nSPS) is 46.6. The first kappa shape index (κ1) is 16.1. The summed E-state index contributed by atoms with van der Waals surface area (Å²) in [5.74, 6) is 1.05. The molecule has 2 fully saturated rings. The topological polar surface area (TPSA) is 43.4 Å². The van der Waals surface area contributed by atoms with Crippen LogP contribution in [0.3, 0.4) is 0 Å². The van der Waals surface area contributed by atoms with E-state index in [0.29, 0.717) is 17.6 Å². The lowest BCUT2D eigenvalue weighted by Gasteiger charge is -2.55. The highest BCUT2D eigenvalue weighted by Gasteiger charge is 2.61. The van der Waals surface area contributed by atoms with E-state index >= 15 is 0 Å². The van der Waals surface area contributed by atoms with Crippen LogP contribution in [0.4, 0.5) is 0 Å². The summed E-state index contributed by atoms with van der Waals surface area (Å²) in [6, 6.07) is 0. The highest BCUT2D eigenvalue weighted by atomic mass is 16.5. The van der Waals surface area contributed by atoms with Gasteiger partial charge in [-0.25, -0.2) is 0 Å². The van der Waals surface area contributed by atoms with Gasteiger partial charge in [-0.05, 0) is 72.8 Å². The van der Waals surface area contributed by atoms with Gasteiger partial charge in [0.2, 0.25) is 0 Å². The first-order chi connectivity index (χ1) is 11.4. The van der Waals surface area contributed by atoms with E-state index in [4.69, 9.17) is 4.74 Å². The minimum atomic E-state index is -0.0789. The number of carbonyl (C=O) groups excluding carboxylic acids is 2. The molecule has 0 unspecified atom stereocenters. The predicted octanol–water partition coefficient (Wildman–Crippen LogP) is 4.08. The van der Waals surface area contributed by atoms with Crippen molar-refractivity contribution in [2.45, 2.75) is 52.4 Å². The van der Waals surface area contributed by atoms with Gasteiger partial charge in [0, 0.05) is 5.92 Å². The lowest BCUT2D eigenvalue weighted by atomic mass is 9.48. The summed E-state index contributed by atoms with van der Waals surface area (Å²) in [6.45, 7) is 4.60. The highest BCUT2D eigenvalue weighted by molar-refractivity contribution is 5.95. The van der Waals surface area contributed by atoms with Gasteiger partial charge in [-0.3, -0.25) is 9.59 Å². The first-order valence-corrected chi connectivity index (χ1v) is 9.42. The quantitative estimate of drug-likeness (QED) is 0.681. The molecule has 0 saturated heterocycles. The van der Waals surface area contributed by atoms with Crippen molar-refractivity contribution >= 4 is 11.8 Å². The van der Waals surface area contributed by atoms with E-state index in [-0.39, 0.29) is 28.6 Å². The number of fused-ring (bicyclic) bond motifs is 5. The Morgan fingerprint density at radius 1 is 1.17 bits per heavy atom. The average molecular weight is 328 g/mol. The lowest BCUT2D eigenvalue weighted by Crippen LogP contribution is -2.52. The Balaban J connectivity index is 1.73. The average Bonchev–Trinajstić information content (AvgIpc) is 2.92. The van der Waals surface area contributed by atoms with Crippen molar-refractivity contribution in [3.63, 3.8) is 0 Å². The maximum atomic E-state index is 13.0. The van der Waals surface area contributed by atoms with Crippen molar-refractivity contribution in [2.75, 3.05) is 7.11 Å². The lowest BCUT2D eigenvalue weighted by molar-refractivity contribution is -0.154. The fourth-order valence-corrected chi connectivity index (χ4v) is 6.57. The summed E-state index contributed by atoms with van der Waals surface area (Å²) in [5.41, 5.74) is 1.31. The molecule has 0 radical (unpaired) electrons. The molecule has 0 aromatic rings. The van der Waals surface area contributed by atoms with Crippen molar-refractivity contribution < 1.29 is 14.3 Å². The van der Waals surface area contributed by atoms with E-state index in [9.17, 15) is 9.59 Å². The molecule has 0 N–H and O–H groups in total. The maximum Gasteiger partial charge on any atom is 0.309 e. The Kier molecular flexibility index (Phi) is 3.56. The molecule has 130 valence electrons. The van der Waals surface area contributed by atoms with Gasteiger partial charge in [0.05, 0.1) is 13.0 Å². The zero-order chi connectivity index (χ0) is 17.1. The molecule has 4 aliphatic rings. The molecular formula is C21H28O3. The summed E-state index contributed by atoms with van der Waals surface area (Å²) in [6.07, 6.45) is 12.5. The number of ether oxygens (including phenoxy) is 1. The number of esters is 1. The fourth-order valence-electron chi connectivity index (χ4n) is 6.57. The first-order valence-electron chi connectivity index (χ1n) is 9.42. The van der Waals surface area contributed by atoms with Crippen LogP contribution in [0.5, 0.6) is 0 Å². The number of ketones is 1. The number of hydrogen-bond donors (Lipinski definition) is 0. The maximum absolute atomic E-state index is 13.0. The van der Waals surface area contributed by atoms with Crippen molar-refractivity contribution in [1.29, 1.82) is 0 Å². The molecule has 24 heavy (non-hydrogen) atoms. The third kappa shape index (κ3) is 1.96. The zero-order valence-electron chi connectivity index (χ0n) is 15.0. The Hall–Kier alpha value is -1.38. The van der Waals surface area contributed by atoms with E-state index in [1.54, 1.807) is 0 Å². The molecule has 0 aromatic heterocycles. The van der Waals surface area contributed by atoms with Crippen molar-refractivity contribution in [3.05, 3.63) is 23.8 Å². The van der Waals surface area contributed by atoms with Crippen LogP contribution in [0.2, 0.25) is 0 Å². The van der Waals surface area contributed by atoms with Gasteiger partial charge in [0.1, 0.15) is 0 Å². The van der Waals surface area contributed by atoms with E-state index in [2.05, 4.69) is 26.0 Å². The number of rotatable bonds is 1. The number of methoxy groups -OCH3 is 1. The number of carbonyl (C=O) groups is 2. The molecule has 4 rings (SSSR count). The van der Waals surface area contributed by atoms with Gasteiger partial charge in [0.15, 0.2) is 5.78 Å². The molecule has 4 aliphatic carbocycles. The Morgan fingerprint density at radius 2 is 1.96 bits per heavy atom.